The van der Waals surface area contributed by atoms with Gasteiger partial charge in [0.05, 0.1) is 16.6 Å². The minimum absolute atomic E-state index is 0.0223. The van der Waals surface area contributed by atoms with Gasteiger partial charge in [-0.2, -0.15) is 0 Å². The number of amides is 1. The van der Waals surface area contributed by atoms with Crippen LogP contribution in [0.2, 0.25) is 0 Å². The highest BCUT2D eigenvalue weighted by atomic mass is 16.2. The van der Waals surface area contributed by atoms with Crippen LogP contribution in [0.3, 0.4) is 0 Å². The molecule has 5 heteroatoms. The van der Waals surface area contributed by atoms with E-state index >= 15 is 0 Å². The number of hydrogen-bond donors (Lipinski definition) is 3. The Morgan fingerprint density at radius 1 is 1.53 bits per heavy atom. The molecule has 1 amide bonds. The highest BCUT2D eigenvalue weighted by Crippen LogP contribution is 2.31. The zero-order valence-corrected chi connectivity index (χ0v) is 11.0. The molecule has 1 aliphatic rings. The van der Waals surface area contributed by atoms with Gasteiger partial charge in [-0.1, -0.05) is 6.07 Å². The van der Waals surface area contributed by atoms with E-state index in [0.717, 1.165) is 36.1 Å². The molecule has 5 nitrogen and oxygen atoms in total. The fraction of sp³-hybridized carbons (Fsp3) is 0.429. The Morgan fingerprint density at radius 3 is 3.05 bits per heavy atom. The molecule has 19 heavy (non-hydrogen) atoms. The molecule has 3 rings (SSSR count). The first-order valence-electron chi connectivity index (χ1n) is 6.59. The Morgan fingerprint density at radius 2 is 2.32 bits per heavy atom. The number of aromatic amines is 1. The van der Waals surface area contributed by atoms with Crippen LogP contribution in [0.15, 0.2) is 18.2 Å². The largest absolute Gasteiger partial charge is 0.354 e. The summed E-state index contributed by atoms with van der Waals surface area (Å²) in [6.45, 7) is 2.56. The SMILES string of the molecule is Cc1nc2ccc(CCNC(=O)C3(N)CC3)cc2[nH]1. The summed E-state index contributed by atoms with van der Waals surface area (Å²) in [5, 5.41) is 2.90. The minimum Gasteiger partial charge on any atom is -0.354 e. The van der Waals surface area contributed by atoms with E-state index < -0.39 is 5.54 Å². The van der Waals surface area contributed by atoms with E-state index in [0.29, 0.717) is 6.54 Å². The third kappa shape index (κ3) is 2.46. The molecule has 1 aromatic heterocycles. The Kier molecular flexibility index (Phi) is 2.78. The molecule has 0 radical (unpaired) electrons. The lowest BCUT2D eigenvalue weighted by molar-refractivity contribution is -0.123. The second kappa shape index (κ2) is 4.35. The third-order valence-corrected chi connectivity index (χ3v) is 3.60. The number of hydrogen-bond acceptors (Lipinski definition) is 3. The van der Waals surface area contributed by atoms with Crippen LogP contribution in [0.25, 0.3) is 11.0 Å². The smallest absolute Gasteiger partial charge is 0.240 e. The van der Waals surface area contributed by atoms with Crippen molar-refractivity contribution < 1.29 is 4.79 Å². The van der Waals surface area contributed by atoms with Crippen LogP contribution >= 0.6 is 0 Å². The quantitative estimate of drug-likeness (QED) is 0.765. The number of aryl methyl sites for hydroxylation is 1. The standard InChI is InChI=1S/C14H18N4O/c1-9-17-11-3-2-10(8-12(11)18-9)4-7-16-13(19)14(15)5-6-14/h2-3,8H,4-7,15H2,1H3,(H,16,19)(H,17,18). The van der Waals surface area contributed by atoms with Crippen LogP contribution in [-0.4, -0.2) is 28.0 Å². The van der Waals surface area contributed by atoms with Gasteiger partial charge in [-0.25, -0.2) is 4.98 Å². The molecule has 0 bridgehead atoms. The first kappa shape index (κ1) is 12.2. The average Bonchev–Trinajstić information content (AvgIpc) is 3.01. The van der Waals surface area contributed by atoms with Crippen molar-refractivity contribution in [1.29, 1.82) is 0 Å². The maximum atomic E-state index is 11.7. The molecule has 1 heterocycles. The van der Waals surface area contributed by atoms with Gasteiger partial charge < -0.3 is 16.0 Å². The minimum atomic E-state index is -0.579. The summed E-state index contributed by atoms with van der Waals surface area (Å²) in [6, 6.07) is 6.13. The van der Waals surface area contributed by atoms with Gasteiger partial charge in [0.2, 0.25) is 5.91 Å². The molecule has 1 aliphatic carbocycles. The Hall–Kier alpha value is -1.88. The van der Waals surface area contributed by atoms with Crippen molar-refractivity contribution in [3.8, 4) is 0 Å². The first-order valence-corrected chi connectivity index (χ1v) is 6.59. The van der Waals surface area contributed by atoms with Gasteiger partial charge >= 0.3 is 0 Å². The second-order valence-electron chi connectivity index (χ2n) is 5.34. The van der Waals surface area contributed by atoms with Crippen molar-refractivity contribution in [3.63, 3.8) is 0 Å². The van der Waals surface area contributed by atoms with Crippen LogP contribution in [0.5, 0.6) is 0 Å². The molecule has 100 valence electrons. The third-order valence-electron chi connectivity index (χ3n) is 3.60. The number of benzene rings is 1. The molecule has 1 aromatic carbocycles. The average molecular weight is 258 g/mol. The maximum absolute atomic E-state index is 11.7. The van der Waals surface area contributed by atoms with Crippen LogP contribution in [0.4, 0.5) is 0 Å². The van der Waals surface area contributed by atoms with Crippen molar-refractivity contribution in [2.75, 3.05) is 6.54 Å². The number of aromatic nitrogens is 2. The maximum Gasteiger partial charge on any atom is 0.240 e. The van der Waals surface area contributed by atoms with E-state index in [9.17, 15) is 4.79 Å². The number of fused-ring (bicyclic) bond motifs is 1. The van der Waals surface area contributed by atoms with Crippen molar-refractivity contribution in [2.24, 2.45) is 5.73 Å². The molecule has 1 fully saturated rings. The van der Waals surface area contributed by atoms with Gasteiger partial charge in [-0.05, 0) is 43.9 Å². The summed E-state index contributed by atoms with van der Waals surface area (Å²) < 4.78 is 0. The van der Waals surface area contributed by atoms with E-state index in [1.807, 2.05) is 19.1 Å². The van der Waals surface area contributed by atoms with Gasteiger partial charge in [-0.15, -0.1) is 0 Å². The summed E-state index contributed by atoms with van der Waals surface area (Å²) >= 11 is 0. The number of imidazole rings is 1. The molecule has 2 aromatic rings. The number of rotatable bonds is 4. The van der Waals surface area contributed by atoms with Crippen molar-refractivity contribution in [1.82, 2.24) is 15.3 Å². The van der Waals surface area contributed by atoms with Crippen LogP contribution in [0, 0.1) is 6.92 Å². The Balaban J connectivity index is 1.60. The number of carbonyl (C=O) groups is 1. The molecule has 4 N–H and O–H groups in total. The lowest BCUT2D eigenvalue weighted by atomic mass is 10.1. The molecule has 1 saturated carbocycles. The number of nitrogens with zero attached hydrogens (tertiary/aromatic N) is 1. The molecule has 0 saturated heterocycles. The number of carbonyl (C=O) groups excluding carboxylic acids is 1. The summed E-state index contributed by atoms with van der Waals surface area (Å²) in [6.07, 6.45) is 2.41. The highest BCUT2D eigenvalue weighted by Gasteiger charge is 2.45. The van der Waals surface area contributed by atoms with Crippen molar-refractivity contribution >= 4 is 16.9 Å². The van der Waals surface area contributed by atoms with E-state index in [4.69, 9.17) is 5.73 Å². The van der Waals surface area contributed by atoms with Crippen LogP contribution in [0.1, 0.15) is 24.2 Å². The predicted molar refractivity (Wildman–Crippen MR) is 73.7 cm³/mol. The van der Waals surface area contributed by atoms with E-state index in [1.54, 1.807) is 0 Å². The number of H-pyrrole nitrogens is 1. The second-order valence-corrected chi connectivity index (χ2v) is 5.34. The first-order chi connectivity index (χ1) is 9.07. The molecular weight excluding hydrogens is 240 g/mol. The molecule has 0 atom stereocenters. The van der Waals surface area contributed by atoms with Crippen molar-refractivity contribution in [3.05, 3.63) is 29.6 Å². The number of nitrogens with two attached hydrogens (primary N) is 1. The summed E-state index contributed by atoms with van der Waals surface area (Å²) in [5.74, 6) is 0.894. The van der Waals surface area contributed by atoms with Gasteiger partial charge in [0.1, 0.15) is 5.82 Å². The van der Waals surface area contributed by atoms with Gasteiger partial charge in [-0.3, -0.25) is 4.79 Å². The van der Waals surface area contributed by atoms with Crippen molar-refractivity contribution in [2.45, 2.75) is 31.7 Å². The summed E-state index contributed by atoms with van der Waals surface area (Å²) in [7, 11) is 0. The fourth-order valence-electron chi connectivity index (χ4n) is 2.20. The monoisotopic (exact) mass is 258 g/mol. The lowest BCUT2D eigenvalue weighted by Gasteiger charge is -2.09. The van der Waals surface area contributed by atoms with Crippen LogP contribution in [-0.2, 0) is 11.2 Å². The molecule has 0 unspecified atom stereocenters. The lowest BCUT2D eigenvalue weighted by Crippen LogP contribution is -2.43. The van der Waals surface area contributed by atoms with E-state index in [2.05, 4.69) is 21.4 Å². The van der Waals surface area contributed by atoms with Gasteiger partial charge in [0.15, 0.2) is 0 Å². The summed E-state index contributed by atoms with van der Waals surface area (Å²) in [5.41, 5.74) is 8.44. The van der Waals surface area contributed by atoms with E-state index in [1.165, 1.54) is 5.56 Å². The van der Waals surface area contributed by atoms with Gasteiger partial charge in [0, 0.05) is 6.54 Å². The highest BCUT2D eigenvalue weighted by molar-refractivity contribution is 5.88. The molecule has 0 aliphatic heterocycles. The Labute approximate surface area is 111 Å². The van der Waals surface area contributed by atoms with E-state index in [-0.39, 0.29) is 5.91 Å². The fourth-order valence-corrected chi connectivity index (χ4v) is 2.20. The van der Waals surface area contributed by atoms with Crippen LogP contribution < -0.4 is 11.1 Å². The zero-order valence-electron chi connectivity index (χ0n) is 11.0. The predicted octanol–water partition coefficient (Wildman–Crippen LogP) is 1.02. The topological polar surface area (TPSA) is 83.8 Å². The Bertz CT molecular complexity index is 627. The zero-order chi connectivity index (χ0) is 13.5. The number of nitrogens with one attached hydrogen (secondary N) is 2. The molecule has 0 spiro atoms. The summed E-state index contributed by atoms with van der Waals surface area (Å²) in [4.78, 5) is 19.3. The normalized spacial score (nSPS) is 16.5. The van der Waals surface area contributed by atoms with Gasteiger partial charge in [0.25, 0.3) is 0 Å². The molecular formula is C14H18N4O.